The van der Waals surface area contributed by atoms with Crippen LogP contribution in [0.2, 0.25) is 0 Å². The van der Waals surface area contributed by atoms with E-state index in [0.29, 0.717) is 6.04 Å². The molecule has 0 aromatic heterocycles. The number of nitrogens with zero attached hydrogens (tertiary/aromatic N) is 1. The lowest BCUT2D eigenvalue weighted by atomic mass is 10.2. The van der Waals surface area contributed by atoms with E-state index in [-0.39, 0.29) is 24.9 Å². The summed E-state index contributed by atoms with van der Waals surface area (Å²) in [4.78, 5) is 25.3. The lowest BCUT2D eigenvalue weighted by molar-refractivity contribution is -0.122. The Hall–Kier alpha value is -1.88. The zero-order valence-corrected chi connectivity index (χ0v) is 12.5. The van der Waals surface area contributed by atoms with Crippen LogP contribution in [-0.2, 0) is 9.59 Å². The number of aryl methyl sites for hydroxylation is 1. The summed E-state index contributed by atoms with van der Waals surface area (Å²) in [7, 11) is 0. The average molecular weight is 289 g/mol. The van der Waals surface area contributed by atoms with E-state index < -0.39 is 0 Å². The van der Waals surface area contributed by atoms with E-state index in [1.165, 1.54) is 0 Å². The lowest BCUT2D eigenvalue weighted by Gasteiger charge is -2.26. The second-order valence-electron chi connectivity index (χ2n) is 5.73. The van der Waals surface area contributed by atoms with Gasteiger partial charge in [-0.1, -0.05) is 25.0 Å². The van der Waals surface area contributed by atoms with Gasteiger partial charge < -0.3 is 11.1 Å². The molecule has 5 nitrogen and oxygen atoms in total. The Labute approximate surface area is 125 Å². The van der Waals surface area contributed by atoms with Gasteiger partial charge in [-0.3, -0.25) is 14.5 Å². The van der Waals surface area contributed by atoms with Crippen LogP contribution in [0.4, 0.5) is 5.69 Å². The van der Waals surface area contributed by atoms with Crippen molar-refractivity contribution in [3.8, 4) is 0 Å². The fraction of sp³-hybridized carbons (Fsp3) is 0.500. The Morgan fingerprint density at radius 2 is 2.00 bits per heavy atom. The summed E-state index contributed by atoms with van der Waals surface area (Å²) in [6.45, 7) is 2.33. The second kappa shape index (κ2) is 7.22. The zero-order chi connectivity index (χ0) is 15.2. The van der Waals surface area contributed by atoms with E-state index in [4.69, 9.17) is 5.73 Å². The van der Waals surface area contributed by atoms with Gasteiger partial charge in [-0.25, -0.2) is 0 Å². The molecule has 1 aliphatic carbocycles. The van der Waals surface area contributed by atoms with Crippen molar-refractivity contribution in [2.75, 3.05) is 18.4 Å². The molecule has 1 saturated carbocycles. The molecule has 1 aliphatic rings. The van der Waals surface area contributed by atoms with E-state index in [1.54, 1.807) is 0 Å². The molecule has 21 heavy (non-hydrogen) atoms. The third-order valence-corrected chi connectivity index (χ3v) is 3.85. The minimum absolute atomic E-state index is 0.103. The highest BCUT2D eigenvalue weighted by Gasteiger charge is 2.25. The molecule has 0 saturated heterocycles. The Bertz CT molecular complexity index is 510. The molecule has 0 aliphatic heterocycles. The van der Waals surface area contributed by atoms with Crippen LogP contribution in [0.3, 0.4) is 0 Å². The van der Waals surface area contributed by atoms with Gasteiger partial charge >= 0.3 is 0 Å². The normalized spacial score (nSPS) is 15.3. The number of carbonyl (C=O) groups is 2. The number of primary amides is 1. The van der Waals surface area contributed by atoms with Crippen molar-refractivity contribution < 1.29 is 9.59 Å². The van der Waals surface area contributed by atoms with Crippen molar-refractivity contribution in [1.29, 1.82) is 0 Å². The third-order valence-electron chi connectivity index (χ3n) is 3.85. The van der Waals surface area contributed by atoms with E-state index in [1.807, 2.05) is 36.1 Å². The second-order valence-corrected chi connectivity index (χ2v) is 5.73. The maximum Gasteiger partial charge on any atom is 0.238 e. The molecule has 1 aromatic rings. The maximum absolute atomic E-state index is 12.2. The van der Waals surface area contributed by atoms with Crippen LogP contribution in [0.5, 0.6) is 0 Å². The Balaban J connectivity index is 1.95. The number of nitrogens with two attached hydrogens (primary N) is 1. The van der Waals surface area contributed by atoms with Gasteiger partial charge in [0.05, 0.1) is 13.1 Å². The number of benzene rings is 1. The Morgan fingerprint density at radius 3 is 2.62 bits per heavy atom. The molecule has 2 rings (SSSR count). The van der Waals surface area contributed by atoms with Crippen molar-refractivity contribution in [1.82, 2.24) is 4.90 Å². The van der Waals surface area contributed by atoms with Crippen LogP contribution in [0.15, 0.2) is 24.3 Å². The Kier molecular flexibility index (Phi) is 5.33. The minimum Gasteiger partial charge on any atom is -0.369 e. The van der Waals surface area contributed by atoms with E-state index >= 15 is 0 Å². The minimum atomic E-state index is -0.384. The fourth-order valence-corrected chi connectivity index (χ4v) is 2.89. The highest BCUT2D eigenvalue weighted by Crippen LogP contribution is 2.23. The molecule has 0 heterocycles. The van der Waals surface area contributed by atoms with Gasteiger partial charge in [-0.05, 0) is 37.5 Å². The molecular formula is C16H23N3O2. The summed E-state index contributed by atoms with van der Waals surface area (Å²) in [6.07, 6.45) is 4.37. The van der Waals surface area contributed by atoms with E-state index in [2.05, 4.69) is 5.32 Å². The van der Waals surface area contributed by atoms with Crippen molar-refractivity contribution in [3.63, 3.8) is 0 Å². The SMILES string of the molecule is Cc1cccc(NC(=O)CN(CC(N)=O)C2CCCC2)c1. The van der Waals surface area contributed by atoms with Gasteiger partial charge in [0.1, 0.15) is 0 Å². The van der Waals surface area contributed by atoms with Crippen LogP contribution in [0, 0.1) is 6.92 Å². The van der Waals surface area contributed by atoms with Crippen LogP contribution in [0.1, 0.15) is 31.2 Å². The maximum atomic E-state index is 12.2. The van der Waals surface area contributed by atoms with Gasteiger partial charge in [0.2, 0.25) is 11.8 Å². The summed E-state index contributed by atoms with van der Waals surface area (Å²) in [5, 5.41) is 2.88. The Morgan fingerprint density at radius 1 is 1.29 bits per heavy atom. The summed E-state index contributed by atoms with van der Waals surface area (Å²) >= 11 is 0. The first-order valence-electron chi connectivity index (χ1n) is 7.43. The topological polar surface area (TPSA) is 75.4 Å². The first kappa shape index (κ1) is 15.5. The zero-order valence-electron chi connectivity index (χ0n) is 12.5. The van der Waals surface area contributed by atoms with E-state index in [0.717, 1.165) is 36.9 Å². The van der Waals surface area contributed by atoms with Gasteiger partial charge in [-0.2, -0.15) is 0 Å². The van der Waals surface area contributed by atoms with Gasteiger partial charge in [0.25, 0.3) is 0 Å². The molecule has 5 heteroatoms. The number of anilines is 1. The van der Waals surface area contributed by atoms with Crippen LogP contribution < -0.4 is 11.1 Å². The lowest BCUT2D eigenvalue weighted by Crippen LogP contribution is -2.44. The molecule has 3 N–H and O–H groups in total. The highest BCUT2D eigenvalue weighted by molar-refractivity contribution is 5.92. The standard InChI is InChI=1S/C16H23N3O2/c1-12-5-4-6-13(9-12)18-16(21)11-19(10-15(17)20)14-7-2-3-8-14/h4-6,9,14H,2-3,7-8,10-11H2,1H3,(H2,17,20)(H,18,21). The summed E-state index contributed by atoms with van der Waals surface area (Å²) < 4.78 is 0. The number of rotatable bonds is 6. The molecule has 1 aromatic carbocycles. The van der Waals surface area contributed by atoms with Crippen LogP contribution in [-0.4, -0.2) is 35.8 Å². The van der Waals surface area contributed by atoms with Crippen molar-refractivity contribution in [2.45, 2.75) is 38.6 Å². The van der Waals surface area contributed by atoms with Gasteiger partial charge in [0, 0.05) is 11.7 Å². The molecule has 0 bridgehead atoms. The highest BCUT2D eigenvalue weighted by atomic mass is 16.2. The fourth-order valence-electron chi connectivity index (χ4n) is 2.89. The molecular weight excluding hydrogens is 266 g/mol. The monoisotopic (exact) mass is 289 g/mol. The van der Waals surface area contributed by atoms with E-state index in [9.17, 15) is 9.59 Å². The smallest absolute Gasteiger partial charge is 0.238 e. The average Bonchev–Trinajstić information content (AvgIpc) is 2.91. The number of nitrogens with one attached hydrogen (secondary N) is 1. The molecule has 1 fully saturated rings. The number of hydrogen-bond donors (Lipinski definition) is 2. The summed E-state index contributed by atoms with van der Waals surface area (Å²) in [5.41, 5.74) is 7.17. The number of hydrogen-bond acceptors (Lipinski definition) is 3. The molecule has 0 radical (unpaired) electrons. The first-order chi connectivity index (χ1) is 10.0. The summed E-state index contributed by atoms with van der Waals surface area (Å²) in [5.74, 6) is -0.487. The van der Waals surface area contributed by atoms with Crippen molar-refractivity contribution in [2.24, 2.45) is 5.73 Å². The molecule has 2 amide bonds. The molecule has 0 spiro atoms. The van der Waals surface area contributed by atoms with Gasteiger partial charge in [-0.15, -0.1) is 0 Å². The largest absolute Gasteiger partial charge is 0.369 e. The quantitative estimate of drug-likeness (QED) is 0.836. The van der Waals surface area contributed by atoms with Gasteiger partial charge in [0.15, 0.2) is 0 Å². The number of carbonyl (C=O) groups excluding carboxylic acids is 2. The number of amides is 2. The molecule has 0 unspecified atom stereocenters. The molecule has 114 valence electrons. The van der Waals surface area contributed by atoms with Crippen molar-refractivity contribution >= 4 is 17.5 Å². The van der Waals surface area contributed by atoms with Crippen LogP contribution in [0.25, 0.3) is 0 Å². The first-order valence-corrected chi connectivity index (χ1v) is 7.43. The summed E-state index contributed by atoms with van der Waals surface area (Å²) in [6, 6.07) is 7.96. The third kappa shape index (κ3) is 4.86. The van der Waals surface area contributed by atoms with Crippen LogP contribution >= 0.6 is 0 Å². The molecule has 0 atom stereocenters. The predicted molar refractivity (Wildman–Crippen MR) is 82.8 cm³/mol. The van der Waals surface area contributed by atoms with Crippen molar-refractivity contribution in [3.05, 3.63) is 29.8 Å². The predicted octanol–water partition coefficient (Wildman–Crippen LogP) is 1.66.